The maximum Gasteiger partial charge on any atom is 0.113 e. The first-order chi connectivity index (χ1) is 7.92. The van der Waals surface area contributed by atoms with Gasteiger partial charge in [0.25, 0.3) is 0 Å². The van der Waals surface area contributed by atoms with E-state index in [-0.39, 0.29) is 0 Å². The van der Waals surface area contributed by atoms with Gasteiger partial charge in [-0.1, -0.05) is 12.1 Å². The topological polar surface area (TPSA) is 47.9 Å². The fourth-order valence-electron chi connectivity index (χ4n) is 2.07. The third-order valence-electron chi connectivity index (χ3n) is 2.84. The summed E-state index contributed by atoms with van der Waals surface area (Å²) < 4.78 is 0. The number of piperidine rings is 1. The van der Waals surface area contributed by atoms with Crippen molar-refractivity contribution in [1.82, 2.24) is 5.48 Å². The van der Waals surface area contributed by atoms with Crippen LogP contribution in [0, 0.1) is 0 Å². The van der Waals surface area contributed by atoms with Gasteiger partial charge in [0, 0.05) is 13.1 Å². The molecule has 0 bridgehead atoms. The van der Waals surface area contributed by atoms with Crippen LogP contribution in [0.15, 0.2) is 29.3 Å². The molecular weight excluding hydrogens is 202 g/mol. The molecule has 1 aliphatic rings. The van der Waals surface area contributed by atoms with Gasteiger partial charge >= 0.3 is 0 Å². The lowest BCUT2D eigenvalue weighted by molar-refractivity contribution is 0.240. The predicted molar refractivity (Wildman–Crippen MR) is 65.6 cm³/mol. The molecule has 1 aromatic carbocycles. The Morgan fingerprint density at radius 3 is 2.69 bits per heavy atom. The molecule has 1 saturated heterocycles. The van der Waals surface area contributed by atoms with Crippen LogP contribution in [0.4, 0.5) is 11.4 Å². The quantitative estimate of drug-likeness (QED) is 0.466. The van der Waals surface area contributed by atoms with E-state index in [4.69, 9.17) is 5.21 Å². The first-order valence-electron chi connectivity index (χ1n) is 5.68. The molecule has 2 N–H and O–H groups in total. The van der Waals surface area contributed by atoms with Crippen LogP contribution in [-0.4, -0.2) is 24.6 Å². The highest BCUT2D eigenvalue weighted by molar-refractivity contribution is 5.72. The molecule has 0 aliphatic carbocycles. The van der Waals surface area contributed by atoms with Crippen molar-refractivity contribution in [3.63, 3.8) is 0 Å². The van der Waals surface area contributed by atoms with Gasteiger partial charge in [-0.25, -0.2) is 4.99 Å². The molecule has 4 nitrogen and oxygen atoms in total. The average Bonchev–Trinajstić information content (AvgIpc) is 2.38. The number of benzene rings is 1. The largest absolute Gasteiger partial charge is 0.370 e. The van der Waals surface area contributed by atoms with E-state index in [2.05, 4.69) is 16.0 Å². The van der Waals surface area contributed by atoms with Crippen molar-refractivity contribution < 1.29 is 5.21 Å². The van der Waals surface area contributed by atoms with Gasteiger partial charge in [-0.05, 0) is 31.4 Å². The molecule has 86 valence electrons. The zero-order valence-electron chi connectivity index (χ0n) is 9.26. The first kappa shape index (κ1) is 11.0. The molecule has 1 aliphatic heterocycles. The monoisotopic (exact) mass is 219 g/mol. The molecule has 0 radical (unpaired) electrons. The minimum atomic E-state index is 0.894. The Balaban J connectivity index is 2.20. The van der Waals surface area contributed by atoms with Crippen LogP contribution >= 0.6 is 0 Å². The van der Waals surface area contributed by atoms with E-state index < -0.39 is 0 Å². The number of anilines is 1. The molecule has 0 amide bonds. The number of hydroxylamine groups is 1. The number of nitrogens with one attached hydrogen (secondary N) is 1. The molecular formula is C12H17N3O. The normalized spacial score (nSPS) is 16.7. The van der Waals surface area contributed by atoms with Gasteiger partial charge in [-0.2, -0.15) is 0 Å². The Morgan fingerprint density at radius 1 is 1.19 bits per heavy atom. The second-order valence-corrected chi connectivity index (χ2v) is 3.92. The maximum atomic E-state index is 8.52. The summed E-state index contributed by atoms with van der Waals surface area (Å²) in [5.74, 6) is 0. The molecule has 0 saturated carbocycles. The third kappa shape index (κ3) is 2.52. The Labute approximate surface area is 95.6 Å². The molecule has 0 aromatic heterocycles. The van der Waals surface area contributed by atoms with Gasteiger partial charge in [0.05, 0.1) is 11.4 Å². The third-order valence-corrected chi connectivity index (χ3v) is 2.84. The van der Waals surface area contributed by atoms with Crippen molar-refractivity contribution >= 4 is 17.7 Å². The Hall–Kier alpha value is -1.55. The SMILES string of the molecule is ONC=Nc1ccccc1N1CCCCC1. The van der Waals surface area contributed by atoms with Gasteiger partial charge in [-0.15, -0.1) is 0 Å². The summed E-state index contributed by atoms with van der Waals surface area (Å²) in [5.41, 5.74) is 3.98. The summed E-state index contributed by atoms with van der Waals surface area (Å²) in [7, 11) is 0. The van der Waals surface area contributed by atoms with Crippen LogP contribution in [-0.2, 0) is 0 Å². The van der Waals surface area contributed by atoms with Crippen molar-refractivity contribution in [3.8, 4) is 0 Å². The predicted octanol–water partition coefficient (Wildman–Crippen LogP) is 2.32. The van der Waals surface area contributed by atoms with Crippen molar-refractivity contribution in [3.05, 3.63) is 24.3 Å². The summed E-state index contributed by atoms with van der Waals surface area (Å²) in [6, 6.07) is 8.01. The van der Waals surface area contributed by atoms with E-state index in [1.807, 2.05) is 23.7 Å². The second-order valence-electron chi connectivity index (χ2n) is 3.92. The summed E-state index contributed by atoms with van der Waals surface area (Å²) in [4.78, 5) is 6.53. The van der Waals surface area contributed by atoms with Crippen LogP contribution in [0.25, 0.3) is 0 Å². The second kappa shape index (κ2) is 5.51. The van der Waals surface area contributed by atoms with E-state index in [0.29, 0.717) is 0 Å². The fraction of sp³-hybridized carbons (Fsp3) is 0.417. The summed E-state index contributed by atoms with van der Waals surface area (Å²) in [6.07, 6.45) is 5.11. The Morgan fingerprint density at radius 2 is 1.94 bits per heavy atom. The van der Waals surface area contributed by atoms with Gasteiger partial charge in [-0.3, -0.25) is 10.7 Å². The minimum absolute atomic E-state index is 0.894. The average molecular weight is 219 g/mol. The molecule has 1 aromatic rings. The number of para-hydroxylation sites is 2. The molecule has 1 heterocycles. The van der Waals surface area contributed by atoms with E-state index >= 15 is 0 Å². The lowest BCUT2D eigenvalue weighted by atomic mass is 10.1. The van der Waals surface area contributed by atoms with Crippen molar-refractivity contribution in [1.29, 1.82) is 0 Å². The molecule has 1 fully saturated rings. The highest BCUT2D eigenvalue weighted by Gasteiger charge is 2.13. The van der Waals surface area contributed by atoms with Crippen LogP contribution in [0.5, 0.6) is 0 Å². The number of nitrogens with zero attached hydrogens (tertiary/aromatic N) is 2. The molecule has 4 heteroatoms. The van der Waals surface area contributed by atoms with E-state index in [1.165, 1.54) is 25.6 Å². The van der Waals surface area contributed by atoms with E-state index in [9.17, 15) is 0 Å². The van der Waals surface area contributed by atoms with Gasteiger partial charge < -0.3 is 4.90 Å². The smallest absolute Gasteiger partial charge is 0.113 e. The molecule has 16 heavy (non-hydrogen) atoms. The Kier molecular flexibility index (Phi) is 3.77. The molecule has 0 unspecified atom stereocenters. The summed E-state index contributed by atoms with van der Waals surface area (Å²) in [6.45, 7) is 2.19. The van der Waals surface area contributed by atoms with E-state index in [0.717, 1.165) is 24.5 Å². The fourth-order valence-corrected chi connectivity index (χ4v) is 2.07. The van der Waals surface area contributed by atoms with Crippen LogP contribution in [0.3, 0.4) is 0 Å². The lowest BCUT2D eigenvalue weighted by Gasteiger charge is -2.29. The number of aliphatic imine (C=N–C) groups is 1. The standard InChI is InChI=1S/C12H17N3O/c16-14-10-13-11-6-2-3-7-12(11)15-8-4-1-5-9-15/h2-3,6-7,10,16H,1,4-5,8-9H2,(H,13,14). The molecule has 0 spiro atoms. The number of hydrogen-bond acceptors (Lipinski definition) is 3. The van der Waals surface area contributed by atoms with Gasteiger partial charge in [0.2, 0.25) is 0 Å². The van der Waals surface area contributed by atoms with Crippen molar-refractivity contribution in [2.24, 2.45) is 4.99 Å². The van der Waals surface area contributed by atoms with Crippen molar-refractivity contribution in [2.75, 3.05) is 18.0 Å². The number of rotatable bonds is 3. The van der Waals surface area contributed by atoms with Crippen LogP contribution in [0.1, 0.15) is 19.3 Å². The number of hydrogen-bond donors (Lipinski definition) is 2. The summed E-state index contributed by atoms with van der Waals surface area (Å²) >= 11 is 0. The lowest BCUT2D eigenvalue weighted by Crippen LogP contribution is -2.29. The zero-order valence-corrected chi connectivity index (χ0v) is 9.26. The minimum Gasteiger partial charge on any atom is -0.370 e. The Bertz CT molecular complexity index is 359. The van der Waals surface area contributed by atoms with E-state index in [1.54, 1.807) is 0 Å². The maximum absolute atomic E-state index is 8.52. The zero-order chi connectivity index (χ0) is 11.2. The molecule has 0 atom stereocenters. The summed E-state index contributed by atoms with van der Waals surface area (Å²) in [5, 5.41) is 8.52. The highest BCUT2D eigenvalue weighted by atomic mass is 16.5. The van der Waals surface area contributed by atoms with Crippen LogP contribution in [0.2, 0.25) is 0 Å². The van der Waals surface area contributed by atoms with Gasteiger partial charge in [0.15, 0.2) is 0 Å². The first-order valence-corrected chi connectivity index (χ1v) is 5.68. The molecule has 2 rings (SSSR count). The van der Waals surface area contributed by atoms with Gasteiger partial charge in [0.1, 0.15) is 6.34 Å². The van der Waals surface area contributed by atoms with Crippen LogP contribution < -0.4 is 10.4 Å². The van der Waals surface area contributed by atoms with Crippen molar-refractivity contribution in [2.45, 2.75) is 19.3 Å². The highest BCUT2D eigenvalue weighted by Crippen LogP contribution is 2.29.